The molecule has 0 saturated heterocycles. The van der Waals surface area contributed by atoms with Crippen molar-refractivity contribution in [1.29, 1.82) is 0 Å². The van der Waals surface area contributed by atoms with E-state index in [0.717, 1.165) is 12.4 Å². The first-order valence-corrected chi connectivity index (χ1v) is 8.68. The van der Waals surface area contributed by atoms with Crippen LogP contribution >= 0.6 is 23.2 Å². The van der Waals surface area contributed by atoms with Gasteiger partial charge in [-0.05, 0) is 18.2 Å². The van der Waals surface area contributed by atoms with Crippen LogP contribution in [0.4, 0.5) is 8.78 Å². The van der Waals surface area contributed by atoms with Gasteiger partial charge in [0.15, 0.2) is 11.3 Å². The summed E-state index contributed by atoms with van der Waals surface area (Å²) in [6.07, 6.45) is 4.86. The van der Waals surface area contributed by atoms with Crippen molar-refractivity contribution in [3.05, 3.63) is 69.2 Å². The summed E-state index contributed by atoms with van der Waals surface area (Å²) in [6.45, 7) is -3.09. The van der Waals surface area contributed by atoms with E-state index in [2.05, 4.69) is 14.7 Å². The Bertz CT molecular complexity index is 1310. The first-order chi connectivity index (χ1) is 13.8. The number of nitrogens with zero attached hydrogens (tertiary/aromatic N) is 3. The molecule has 0 aliphatic carbocycles. The Kier molecular flexibility index (Phi) is 6.68. The summed E-state index contributed by atoms with van der Waals surface area (Å²) in [5.41, 5.74) is 0.286. The van der Waals surface area contributed by atoms with Crippen LogP contribution in [-0.2, 0) is 0 Å². The minimum Gasteiger partial charge on any atom is -0.806 e. The molecule has 0 saturated carbocycles. The van der Waals surface area contributed by atoms with Crippen molar-refractivity contribution in [3.8, 4) is 5.75 Å². The maximum Gasteiger partial charge on any atom is 1.00 e. The zero-order chi connectivity index (χ0) is 20.7. The fourth-order valence-electron chi connectivity index (χ4n) is 2.83. The van der Waals surface area contributed by atoms with Crippen LogP contribution in [0.15, 0.2) is 52.4 Å². The second kappa shape index (κ2) is 8.91. The number of carbonyl (C=O) groups is 1. The number of amides is 1. The van der Waals surface area contributed by atoms with Gasteiger partial charge in [-0.15, -0.1) is 0 Å². The molecular formula is C18H8Cl2F2N3NaO4. The van der Waals surface area contributed by atoms with E-state index in [1.807, 2.05) is 0 Å². The molecule has 3 aromatic heterocycles. The molecule has 0 bridgehead atoms. The molecule has 4 rings (SSSR count). The molecule has 1 aromatic carbocycles. The third kappa shape index (κ3) is 4.17. The fourth-order valence-corrected chi connectivity index (χ4v) is 3.36. The first-order valence-electron chi connectivity index (χ1n) is 7.93. The Morgan fingerprint density at radius 1 is 1.23 bits per heavy atom. The Labute approximate surface area is 198 Å². The largest absolute Gasteiger partial charge is 1.00 e. The molecule has 0 spiro atoms. The fraction of sp³-hybridized carbons (Fsp3) is 0.0556. The summed E-state index contributed by atoms with van der Waals surface area (Å²) < 4.78 is 36.0. The van der Waals surface area contributed by atoms with Crippen LogP contribution < -0.4 is 39.7 Å². The van der Waals surface area contributed by atoms with Gasteiger partial charge in [0.05, 0.1) is 15.6 Å². The molecule has 0 N–H and O–H groups in total. The average molecular weight is 462 g/mol. The second-order valence-corrected chi connectivity index (χ2v) is 6.56. The first kappa shape index (κ1) is 22.5. The summed E-state index contributed by atoms with van der Waals surface area (Å²) in [4.78, 5) is 20.7. The SMILES string of the molecule is O=C(N=c1c(Cl)cn([O-])cc1Cl)c1ccc(OC(F)F)c2oc3ccncc3c12.[Na+]. The summed E-state index contributed by atoms with van der Waals surface area (Å²) in [5, 5.41) is 11.6. The number of ether oxygens (including phenoxy) is 1. The number of pyridine rings is 2. The number of hydrogen-bond donors (Lipinski definition) is 0. The topological polar surface area (TPSA) is 92.7 Å². The molecule has 0 atom stereocenters. The molecule has 7 nitrogen and oxygen atoms in total. The van der Waals surface area contributed by atoms with Gasteiger partial charge in [0.25, 0.3) is 5.91 Å². The van der Waals surface area contributed by atoms with Crippen LogP contribution in [0.25, 0.3) is 21.9 Å². The maximum absolute atomic E-state index is 12.9. The van der Waals surface area contributed by atoms with Gasteiger partial charge < -0.3 is 19.1 Å². The van der Waals surface area contributed by atoms with E-state index < -0.39 is 12.5 Å². The molecule has 0 aliphatic rings. The minimum atomic E-state index is -3.09. The molecular weight excluding hydrogens is 454 g/mol. The van der Waals surface area contributed by atoms with E-state index in [1.54, 1.807) is 0 Å². The van der Waals surface area contributed by atoms with Crippen LogP contribution in [0.2, 0.25) is 10.0 Å². The maximum atomic E-state index is 12.9. The zero-order valence-electron chi connectivity index (χ0n) is 15.1. The van der Waals surface area contributed by atoms with E-state index in [1.165, 1.54) is 30.6 Å². The molecule has 30 heavy (non-hydrogen) atoms. The summed E-state index contributed by atoms with van der Waals surface area (Å²) in [7, 11) is 0. The van der Waals surface area contributed by atoms with Gasteiger partial charge in [0, 0.05) is 35.6 Å². The van der Waals surface area contributed by atoms with Gasteiger partial charge in [-0.2, -0.15) is 8.78 Å². The molecule has 4 aromatic rings. The number of furan rings is 1. The van der Waals surface area contributed by atoms with Crippen LogP contribution in [0, 0.1) is 5.21 Å². The standard InChI is InChI=1S/C18H8Cl2F2N3O4.Na/c19-10-6-25(27)7-11(20)15(10)24-17(26)8-1-2-13(29-18(21)22)16-14(8)9-5-23-4-3-12(9)28-16;/h1-7,18H;/q-1;+1. The van der Waals surface area contributed by atoms with E-state index in [0.29, 0.717) is 15.7 Å². The van der Waals surface area contributed by atoms with Crippen LogP contribution in [-0.4, -0.2) is 22.2 Å². The van der Waals surface area contributed by atoms with Gasteiger partial charge in [0.2, 0.25) is 0 Å². The smallest absolute Gasteiger partial charge is 0.806 e. The molecule has 3 heterocycles. The molecule has 148 valence electrons. The Hall–Kier alpha value is -2.17. The number of hydrogen-bond acceptors (Lipinski definition) is 5. The van der Waals surface area contributed by atoms with Gasteiger partial charge in [-0.3, -0.25) is 9.78 Å². The molecule has 0 fully saturated rings. The molecule has 12 heteroatoms. The number of benzene rings is 1. The van der Waals surface area contributed by atoms with Crippen molar-refractivity contribution in [1.82, 2.24) is 9.71 Å². The number of carbonyl (C=O) groups excluding carboxylic acids is 1. The number of alkyl halides is 2. The van der Waals surface area contributed by atoms with Crippen molar-refractivity contribution in [2.24, 2.45) is 4.99 Å². The third-order valence-corrected chi connectivity index (χ3v) is 4.53. The molecule has 0 aliphatic heterocycles. The van der Waals surface area contributed by atoms with Crippen molar-refractivity contribution in [2.45, 2.75) is 6.61 Å². The number of fused-ring (bicyclic) bond motifs is 3. The van der Waals surface area contributed by atoms with Crippen molar-refractivity contribution in [2.75, 3.05) is 0 Å². The number of halogens is 4. The minimum absolute atomic E-state index is 0. The Balaban J connectivity index is 0.00000256. The summed E-state index contributed by atoms with van der Waals surface area (Å²) in [5.74, 6) is -1.02. The van der Waals surface area contributed by atoms with Gasteiger partial charge in [-0.1, -0.05) is 23.2 Å². The zero-order valence-corrected chi connectivity index (χ0v) is 18.6. The number of rotatable bonds is 3. The van der Waals surface area contributed by atoms with E-state index in [9.17, 15) is 18.8 Å². The van der Waals surface area contributed by atoms with E-state index >= 15 is 0 Å². The Morgan fingerprint density at radius 3 is 2.60 bits per heavy atom. The summed E-state index contributed by atoms with van der Waals surface area (Å²) >= 11 is 11.9. The summed E-state index contributed by atoms with van der Waals surface area (Å²) in [6, 6.07) is 3.96. The van der Waals surface area contributed by atoms with Crippen molar-refractivity contribution in [3.63, 3.8) is 0 Å². The van der Waals surface area contributed by atoms with Crippen molar-refractivity contribution >= 4 is 51.0 Å². The predicted molar refractivity (Wildman–Crippen MR) is 101 cm³/mol. The second-order valence-electron chi connectivity index (χ2n) is 5.75. The van der Waals surface area contributed by atoms with Crippen molar-refractivity contribution < 1.29 is 52.3 Å². The number of aromatic nitrogens is 2. The van der Waals surface area contributed by atoms with Crippen LogP contribution in [0.5, 0.6) is 5.75 Å². The molecule has 0 unspecified atom stereocenters. The quantitative estimate of drug-likeness (QED) is 0.433. The van der Waals surface area contributed by atoms with E-state index in [4.69, 9.17) is 27.6 Å². The van der Waals surface area contributed by atoms with Gasteiger partial charge in [0.1, 0.15) is 10.9 Å². The third-order valence-electron chi connectivity index (χ3n) is 3.98. The van der Waals surface area contributed by atoms with E-state index in [-0.39, 0.29) is 67.2 Å². The average Bonchev–Trinajstić information content (AvgIpc) is 3.04. The van der Waals surface area contributed by atoms with Crippen LogP contribution in [0.1, 0.15) is 10.4 Å². The Morgan fingerprint density at radius 2 is 1.93 bits per heavy atom. The molecule has 1 amide bonds. The monoisotopic (exact) mass is 461 g/mol. The normalized spacial score (nSPS) is 11.0. The van der Waals surface area contributed by atoms with Gasteiger partial charge in [-0.25, -0.2) is 4.99 Å². The van der Waals surface area contributed by atoms with Gasteiger partial charge >= 0.3 is 36.2 Å². The van der Waals surface area contributed by atoms with Crippen LogP contribution in [0.3, 0.4) is 0 Å². The molecule has 0 radical (unpaired) electrons. The predicted octanol–water partition coefficient (Wildman–Crippen LogP) is 1.78.